The van der Waals surface area contributed by atoms with Crippen LogP contribution in [0.25, 0.3) is 21.5 Å². The van der Waals surface area contributed by atoms with Gasteiger partial charge in [-0.1, -0.05) is 48.5 Å². The van der Waals surface area contributed by atoms with E-state index in [4.69, 9.17) is 0 Å². The molecule has 0 atom stereocenters. The molecule has 0 bridgehead atoms. The van der Waals surface area contributed by atoms with E-state index in [0.717, 1.165) is 34.1 Å². The zero-order valence-electron chi connectivity index (χ0n) is 9.59. The summed E-state index contributed by atoms with van der Waals surface area (Å²) in [6, 6.07) is 15.5. The van der Waals surface area contributed by atoms with Crippen LogP contribution in [0.1, 0.15) is 20.7 Å². The van der Waals surface area contributed by atoms with Crippen molar-refractivity contribution in [3.63, 3.8) is 0 Å². The maximum absolute atomic E-state index is 11.2. The SMILES string of the molecule is O=Cc1ccc2c(ccc3ccccc32)c1C=O. The molecule has 0 aliphatic heterocycles. The van der Waals surface area contributed by atoms with E-state index in [1.165, 1.54) is 0 Å². The summed E-state index contributed by atoms with van der Waals surface area (Å²) in [5, 5.41) is 4.05. The maximum Gasteiger partial charge on any atom is 0.151 e. The molecule has 0 spiro atoms. The first-order chi connectivity index (χ1) is 8.85. The van der Waals surface area contributed by atoms with Gasteiger partial charge in [-0.3, -0.25) is 9.59 Å². The maximum atomic E-state index is 11.2. The van der Waals surface area contributed by atoms with E-state index in [9.17, 15) is 9.59 Å². The van der Waals surface area contributed by atoms with Crippen molar-refractivity contribution in [3.05, 3.63) is 59.7 Å². The van der Waals surface area contributed by atoms with Gasteiger partial charge >= 0.3 is 0 Å². The molecule has 2 heteroatoms. The van der Waals surface area contributed by atoms with E-state index < -0.39 is 0 Å². The normalized spacial score (nSPS) is 10.7. The molecule has 0 aliphatic rings. The van der Waals surface area contributed by atoms with Crippen molar-refractivity contribution < 1.29 is 9.59 Å². The van der Waals surface area contributed by atoms with E-state index in [-0.39, 0.29) is 0 Å². The Morgan fingerprint density at radius 3 is 2.22 bits per heavy atom. The second-order valence-corrected chi connectivity index (χ2v) is 4.19. The second-order valence-electron chi connectivity index (χ2n) is 4.19. The Kier molecular flexibility index (Phi) is 2.41. The monoisotopic (exact) mass is 234 g/mol. The molecule has 0 aliphatic carbocycles. The van der Waals surface area contributed by atoms with Crippen molar-refractivity contribution in [2.24, 2.45) is 0 Å². The minimum absolute atomic E-state index is 0.438. The van der Waals surface area contributed by atoms with E-state index in [0.29, 0.717) is 11.1 Å². The first kappa shape index (κ1) is 10.7. The molecule has 86 valence electrons. The molecule has 0 unspecified atom stereocenters. The Labute approximate surface area is 104 Å². The van der Waals surface area contributed by atoms with E-state index >= 15 is 0 Å². The molecule has 0 saturated heterocycles. The Bertz CT molecular complexity index is 772. The molecule has 3 aromatic rings. The van der Waals surface area contributed by atoms with E-state index in [2.05, 4.69) is 0 Å². The third kappa shape index (κ3) is 1.43. The molecule has 0 radical (unpaired) electrons. The molecule has 18 heavy (non-hydrogen) atoms. The molecule has 0 saturated carbocycles. The standard InChI is InChI=1S/C16H10O2/c17-9-12-6-8-14-13-4-2-1-3-11(13)5-7-15(14)16(12)10-18/h1-10H. The van der Waals surface area contributed by atoms with Crippen LogP contribution in [0, 0.1) is 0 Å². The van der Waals surface area contributed by atoms with Gasteiger partial charge in [0.15, 0.2) is 12.6 Å². The van der Waals surface area contributed by atoms with Crippen LogP contribution >= 0.6 is 0 Å². The molecule has 3 rings (SSSR count). The number of hydrogen-bond donors (Lipinski definition) is 0. The summed E-state index contributed by atoms with van der Waals surface area (Å²) >= 11 is 0. The summed E-state index contributed by atoms with van der Waals surface area (Å²) in [7, 11) is 0. The lowest BCUT2D eigenvalue weighted by Gasteiger charge is -2.07. The predicted octanol–water partition coefficient (Wildman–Crippen LogP) is 3.62. The van der Waals surface area contributed by atoms with Crippen LogP contribution in [0.3, 0.4) is 0 Å². The summed E-state index contributed by atoms with van der Waals surface area (Å²) in [6.45, 7) is 0. The number of benzene rings is 3. The van der Waals surface area contributed by atoms with Crippen LogP contribution in [0.15, 0.2) is 48.5 Å². The molecule has 0 N–H and O–H groups in total. The van der Waals surface area contributed by atoms with E-state index in [1.54, 1.807) is 6.07 Å². The molecule has 0 fully saturated rings. The fourth-order valence-corrected chi connectivity index (χ4v) is 2.36. The van der Waals surface area contributed by atoms with Crippen molar-refractivity contribution in [2.75, 3.05) is 0 Å². The molecule has 0 aromatic heterocycles. The third-order valence-electron chi connectivity index (χ3n) is 3.25. The molecular weight excluding hydrogens is 224 g/mol. The number of aldehydes is 2. The average Bonchev–Trinajstić information content (AvgIpc) is 2.45. The molecule has 3 aromatic carbocycles. The van der Waals surface area contributed by atoms with Gasteiger partial charge in [-0.05, 0) is 21.5 Å². The lowest BCUT2D eigenvalue weighted by atomic mass is 9.96. The van der Waals surface area contributed by atoms with Gasteiger partial charge in [0.1, 0.15) is 0 Å². The number of rotatable bonds is 2. The summed E-state index contributed by atoms with van der Waals surface area (Å²) in [5.41, 5.74) is 0.904. The number of fused-ring (bicyclic) bond motifs is 3. The first-order valence-corrected chi connectivity index (χ1v) is 5.70. The highest BCUT2D eigenvalue weighted by atomic mass is 16.1. The highest BCUT2D eigenvalue weighted by Gasteiger charge is 2.08. The Morgan fingerprint density at radius 1 is 0.667 bits per heavy atom. The lowest BCUT2D eigenvalue weighted by molar-refractivity contribution is 0.109. The van der Waals surface area contributed by atoms with Crippen LogP contribution in [0.5, 0.6) is 0 Å². The Balaban J connectivity index is 2.54. The summed E-state index contributed by atoms with van der Waals surface area (Å²) < 4.78 is 0. The van der Waals surface area contributed by atoms with E-state index in [1.807, 2.05) is 42.5 Å². The lowest BCUT2D eigenvalue weighted by Crippen LogP contribution is -1.92. The number of carbonyl (C=O) groups is 2. The number of carbonyl (C=O) groups excluding carboxylic acids is 2. The van der Waals surface area contributed by atoms with Gasteiger partial charge in [-0.2, -0.15) is 0 Å². The van der Waals surface area contributed by atoms with Gasteiger partial charge in [-0.25, -0.2) is 0 Å². The summed E-state index contributed by atoms with van der Waals surface area (Å²) in [6.07, 6.45) is 1.47. The fraction of sp³-hybridized carbons (Fsp3) is 0. The van der Waals surface area contributed by atoms with Crippen LogP contribution in [0.4, 0.5) is 0 Å². The van der Waals surface area contributed by atoms with Gasteiger partial charge in [0.05, 0.1) is 0 Å². The van der Waals surface area contributed by atoms with Crippen LogP contribution in [-0.2, 0) is 0 Å². The molecule has 2 nitrogen and oxygen atoms in total. The minimum Gasteiger partial charge on any atom is -0.298 e. The topological polar surface area (TPSA) is 34.1 Å². The number of hydrogen-bond acceptors (Lipinski definition) is 2. The van der Waals surface area contributed by atoms with Gasteiger partial charge in [0.2, 0.25) is 0 Å². The average molecular weight is 234 g/mol. The summed E-state index contributed by atoms with van der Waals surface area (Å²) in [4.78, 5) is 22.1. The quantitative estimate of drug-likeness (QED) is 0.501. The van der Waals surface area contributed by atoms with Crippen LogP contribution in [-0.4, -0.2) is 12.6 Å². The van der Waals surface area contributed by atoms with Gasteiger partial charge < -0.3 is 0 Å². The Morgan fingerprint density at radius 2 is 1.44 bits per heavy atom. The molecule has 0 heterocycles. The minimum atomic E-state index is 0.438. The zero-order valence-corrected chi connectivity index (χ0v) is 9.59. The van der Waals surface area contributed by atoms with Crippen LogP contribution < -0.4 is 0 Å². The first-order valence-electron chi connectivity index (χ1n) is 5.70. The smallest absolute Gasteiger partial charge is 0.151 e. The van der Waals surface area contributed by atoms with Crippen molar-refractivity contribution in [2.45, 2.75) is 0 Å². The van der Waals surface area contributed by atoms with Gasteiger partial charge in [-0.15, -0.1) is 0 Å². The predicted molar refractivity (Wildman–Crippen MR) is 72.2 cm³/mol. The third-order valence-corrected chi connectivity index (χ3v) is 3.25. The highest BCUT2D eigenvalue weighted by molar-refractivity contribution is 6.14. The van der Waals surface area contributed by atoms with Crippen molar-refractivity contribution in [1.29, 1.82) is 0 Å². The van der Waals surface area contributed by atoms with Gasteiger partial charge in [0, 0.05) is 11.1 Å². The van der Waals surface area contributed by atoms with Crippen LogP contribution in [0.2, 0.25) is 0 Å². The highest BCUT2D eigenvalue weighted by Crippen LogP contribution is 2.28. The Hall–Kier alpha value is -2.48. The zero-order chi connectivity index (χ0) is 12.5. The van der Waals surface area contributed by atoms with Crippen molar-refractivity contribution in [1.82, 2.24) is 0 Å². The molecule has 0 amide bonds. The fourth-order valence-electron chi connectivity index (χ4n) is 2.36. The van der Waals surface area contributed by atoms with Gasteiger partial charge in [0.25, 0.3) is 0 Å². The molecular formula is C16H10O2. The summed E-state index contributed by atoms with van der Waals surface area (Å²) in [5.74, 6) is 0. The van der Waals surface area contributed by atoms with Crippen molar-refractivity contribution >= 4 is 34.1 Å². The van der Waals surface area contributed by atoms with Crippen molar-refractivity contribution in [3.8, 4) is 0 Å². The second kappa shape index (κ2) is 4.08. The largest absolute Gasteiger partial charge is 0.298 e.